The summed E-state index contributed by atoms with van der Waals surface area (Å²) in [5, 5.41) is 6.34. The summed E-state index contributed by atoms with van der Waals surface area (Å²) in [5.41, 5.74) is 3.53. The van der Waals surface area contributed by atoms with Crippen molar-refractivity contribution < 1.29 is 9.59 Å². The maximum atomic E-state index is 11.5. The van der Waals surface area contributed by atoms with E-state index in [0.717, 1.165) is 5.56 Å². The lowest BCUT2D eigenvalue weighted by atomic mass is 10.2. The number of carbonyl (C=O) groups excluding carboxylic acids is 2. The van der Waals surface area contributed by atoms with E-state index in [9.17, 15) is 9.59 Å². The predicted molar refractivity (Wildman–Crippen MR) is 61.1 cm³/mol. The highest BCUT2D eigenvalue weighted by atomic mass is 16.2. The number of rotatable bonds is 4. The van der Waals surface area contributed by atoms with Gasteiger partial charge in [-0.05, 0) is 18.1 Å². The minimum Gasteiger partial charge on any atom is -0.351 e. The maximum Gasteiger partial charge on any atom is 0.268 e. The van der Waals surface area contributed by atoms with Crippen LogP contribution >= 0.6 is 0 Å². The Hall–Kier alpha value is -2.24. The van der Waals surface area contributed by atoms with E-state index in [1.807, 2.05) is 12.1 Å². The molecule has 0 unspecified atom stereocenters. The molecule has 1 aliphatic rings. The average molecular weight is 232 g/mol. The molecule has 0 atom stereocenters. The van der Waals surface area contributed by atoms with Crippen LogP contribution in [0.4, 0.5) is 0 Å². The number of nitrogens with zero attached hydrogens (tertiary/aromatic N) is 2. The van der Waals surface area contributed by atoms with Crippen LogP contribution < -0.4 is 10.7 Å². The first-order valence-corrected chi connectivity index (χ1v) is 5.28. The zero-order valence-corrected chi connectivity index (χ0v) is 9.14. The van der Waals surface area contributed by atoms with Gasteiger partial charge in [-0.25, -0.2) is 5.43 Å². The fraction of sp³-hybridized carbons (Fsp3) is 0.273. The van der Waals surface area contributed by atoms with Gasteiger partial charge in [-0.2, -0.15) is 5.10 Å². The maximum absolute atomic E-state index is 11.5. The molecule has 0 bridgehead atoms. The van der Waals surface area contributed by atoms with Crippen LogP contribution in [0.2, 0.25) is 0 Å². The van der Waals surface area contributed by atoms with E-state index in [1.54, 1.807) is 12.4 Å². The molecule has 0 saturated carbocycles. The monoisotopic (exact) mass is 232 g/mol. The number of nitrogens with one attached hydrogen (secondary N) is 2. The van der Waals surface area contributed by atoms with Gasteiger partial charge >= 0.3 is 0 Å². The summed E-state index contributed by atoms with van der Waals surface area (Å²) in [4.78, 5) is 26.3. The Kier molecular flexibility index (Phi) is 3.44. The van der Waals surface area contributed by atoms with Gasteiger partial charge in [0.05, 0.1) is 6.42 Å². The highest BCUT2D eigenvalue weighted by Crippen LogP contribution is 1.97. The van der Waals surface area contributed by atoms with Gasteiger partial charge in [0, 0.05) is 18.9 Å². The average Bonchev–Trinajstić information content (AvgIpc) is 2.77. The molecule has 17 heavy (non-hydrogen) atoms. The number of pyridine rings is 1. The van der Waals surface area contributed by atoms with Crippen molar-refractivity contribution in [1.82, 2.24) is 15.7 Å². The molecule has 0 fully saturated rings. The first-order chi connectivity index (χ1) is 8.25. The van der Waals surface area contributed by atoms with Crippen molar-refractivity contribution in [2.45, 2.75) is 12.8 Å². The summed E-state index contributed by atoms with van der Waals surface area (Å²) >= 11 is 0. The molecular weight excluding hydrogens is 220 g/mol. The molecule has 88 valence electrons. The van der Waals surface area contributed by atoms with Crippen LogP contribution in [0.25, 0.3) is 0 Å². The summed E-state index contributed by atoms with van der Waals surface area (Å²) in [6.45, 7) is 0.498. The molecule has 2 amide bonds. The second kappa shape index (κ2) is 5.20. The molecule has 1 aromatic heterocycles. The summed E-state index contributed by atoms with van der Waals surface area (Å²) in [5.74, 6) is -0.547. The van der Waals surface area contributed by atoms with E-state index >= 15 is 0 Å². The standard InChI is InChI=1S/C11H12N4O2/c16-10-6-9(14-15-10)11(17)13-5-3-8-2-1-4-12-7-8/h1-2,4,7H,3,5-6H2,(H,13,17)(H,15,16). The van der Waals surface area contributed by atoms with Gasteiger partial charge in [-0.15, -0.1) is 0 Å². The number of hydrazone groups is 1. The zero-order valence-electron chi connectivity index (χ0n) is 9.14. The van der Waals surface area contributed by atoms with Crippen LogP contribution in [0.5, 0.6) is 0 Å². The van der Waals surface area contributed by atoms with Crippen LogP contribution in [-0.2, 0) is 16.0 Å². The molecule has 6 nitrogen and oxygen atoms in total. The quantitative estimate of drug-likeness (QED) is 0.742. The summed E-state index contributed by atoms with van der Waals surface area (Å²) in [6, 6.07) is 3.79. The van der Waals surface area contributed by atoms with E-state index in [-0.39, 0.29) is 23.9 Å². The van der Waals surface area contributed by atoms with Crippen molar-refractivity contribution in [3.05, 3.63) is 30.1 Å². The van der Waals surface area contributed by atoms with Crippen molar-refractivity contribution in [3.63, 3.8) is 0 Å². The topological polar surface area (TPSA) is 83.5 Å². The summed E-state index contributed by atoms with van der Waals surface area (Å²) in [7, 11) is 0. The Balaban J connectivity index is 1.76. The number of hydrogen-bond donors (Lipinski definition) is 2. The third-order valence-corrected chi connectivity index (χ3v) is 2.33. The lowest BCUT2D eigenvalue weighted by Gasteiger charge is -2.03. The smallest absolute Gasteiger partial charge is 0.268 e. The van der Waals surface area contributed by atoms with Gasteiger partial charge in [0.2, 0.25) is 5.91 Å². The Bertz CT molecular complexity index is 456. The zero-order chi connectivity index (χ0) is 12.1. The number of amides is 2. The molecule has 2 rings (SSSR count). The second-order valence-corrected chi connectivity index (χ2v) is 3.64. The molecule has 0 aromatic carbocycles. The van der Waals surface area contributed by atoms with Gasteiger partial charge in [-0.3, -0.25) is 14.6 Å². The van der Waals surface area contributed by atoms with Crippen molar-refractivity contribution in [1.29, 1.82) is 0 Å². The van der Waals surface area contributed by atoms with Gasteiger partial charge in [0.15, 0.2) is 0 Å². The Morgan fingerprint density at radius 2 is 2.41 bits per heavy atom. The van der Waals surface area contributed by atoms with Gasteiger partial charge < -0.3 is 5.32 Å². The normalized spacial score (nSPS) is 14.1. The summed E-state index contributed by atoms with van der Waals surface area (Å²) in [6.07, 6.45) is 4.21. The molecule has 1 aliphatic heterocycles. The van der Waals surface area contributed by atoms with E-state index in [0.29, 0.717) is 13.0 Å². The van der Waals surface area contributed by atoms with Crippen LogP contribution in [0.3, 0.4) is 0 Å². The highest BCUT2D eigenvalue weighted by Gasteiger charge is 2.20. The SMILES string of the molecule is O=C1CC(C(=O)NCCc2cccnc2)=NN1. The highest BCUT2D eigenvalue weighted by molar-refractivity contribution is 6.43. The van der Waals surface area contributed by atoms with Crippen LogP contribution in [0.15, 0.2) is 29.6 Å². The first-order valence-electron chi connectivity index (χ1n) is 5.28. The lowest BCUT2D eigenvalue weighted by molar-refractivity contribution is -0.120. The minimum absolute atomic E-state index is 0.0543. The van der Waals surface area contributed by atoms with Crippen molar-refractivity contribution >= 4 is 17.5 Å². The Morgan fingerprint density at radius 3 is 3.06 bits per heavy atom. The van der Waals surface area contributed by atoms with E-state index in [2.05, 4.69) is 20.8 Å². The summed E-state index contributed by atoms with van der Waals surface area (Å²) < 4.78 is 0. The van der Waals surface area contributed by atoms with Gasteiger partial charge in [0.25, 0.3) is 5.91 Å². The molecule has 6 heteroatoms. The largest absolute Gasteiger partial charge is 0.351 e. The fourth-order valence-electron chi connectivity index (χ4n) is 1.46. The lowest BCUT2D eigenvalue weighted by Crippen LogP contribution is -2.32. The van der Waals surface area contributed by atoms with Crippen LogP contribution in [0.1, 0.15) is 12.0 Å². The van der Waals surface area contributed by atoms with Crippen molar-refractivity contribution in [2.75, 3.05) is 6.54 Å². The number of aromatic nitrogens is 1. The van der Waals surface area contributed by atoms with Crippen molar-refractivity contribution in [3.8, 4) is 0 Å². The number of hydrogen-bond acceptors (Lipinski definition) is 4. The third kappa shape index (κ3) is 3.10. The minimum atomic E-state index is -0.299. The van der Waals surface area contributed by atoms with E-state index in [1.165, 1.54) is 0 Å². The second-order valence-electron chi connectivity index (χ2n) is 3.64. The molecular formula is C11H12N4O2. The third-order valence-electron chi connectivity index (χ3n) is 2.33. The molecule has 0 radical (unpaired) electrons. The molecule has 0 aliphatic carbocycles. The van der Waals surface area contributed by atoms with E-state index in [4.69, 9.17) is 0 Å². The van der Waals surface area contributed by atoms with Gasteiger partial charge in [0.1, 0.15) is 5.71 Å². The fourth-order valence-corrected chi connectivity index (χ4v) is 1.46. The van der Waals surface area contributed by atoms with E-state index < -0.39 is 0 Å². The molecule has 0 saturated heterocycles. The molecule has 2 heterocycles. The first kappa shape index (κ1) is 11.3. The Labute approximate surface area is 98.1 Å². The van der Waals surface area contributed by atoms with Crippen LogP contribution in [-0.4, -0.2) is 29.1 Å². The van der Waals surface area contributed by atoms with Crippen molar-refractivity contribution in [2.24, 2.45) is 5.10 Å². The molecule has 1 aromatic rings. The van der Waals surface area contributed by atoms with Gasteiger partial charge in [-0.1, -0.05) is 6.07 Å². The van der Waals surface area contributed by atoms with Crippen LogP contribution in [0, 0.1) is 0 Å². The Morgan fingerprint density at radius 1 is 1.53 bits per heavy atom. The molecule has 2 N–H and O–H groups in total. The molecule has 0 spiro atoms. The number of carbonyl (C=O) groups is 2. The predicted octanol–water partition coefficient (Wildman–Crippen LogP) is -0.384.